The van der Waals surface area contributed by atoms with Gasteiger partial charge in [-0.3, -0.25) is 24.0 Å². The molecule has 0 aliphatic heterocycles. The number of hydrogen-bond acceptors (Lipinski definition) is 8. The molecule has 3 rings (SSSR count). The number of aryl methyl sites for hydroxylation is 1. The molecule has 1 unspecified atom stereocenters. The van der Waals surface area contributed by atoms with Crippen LogP contribution in [0.25, 0.3) is 0 Å². The number of nitro groups is 1. The molecule has 0 aromatic heterocycles. The third-order valence-corrected chi connectivity index (χ3v) is 8.38. The maximum Gasteiger partial charge on any atom is 0.273 e. The van der Waals surface area contributed by atoms with Gasteiger partial charge in [0, 0.05) is 24.7 Å². The fraction of sp³-hybridized carbons (Fsp3) is 0.310. The van der Waals surface area contributed by atoms with E-state index in [1.807, 2.05) is 0 Å². The quantitative estimate of drug-likeness (QED) is 0.231. The number of sulfonamides is 1. The fourth-order valence-corrected chi connectivity index (χ4v) is 5.66. The van der Waals surface area contributed by atoms with Gasteiger partial charge in [0.25, 0.3) is 15.7 Å². The van der Waals surface area contributed by atoms with Gasteiger partial charge in [-0.25, -0.2) is 8.42 Å². The van der Waals surface area contributed by atoms with E-state index in [9.17, 15) is 28.1 Å². The molecule has 0 aliphatic rings. The third-order valence-electron chi connectivity index (χ3n) is 6.61. The highest BCUT2D eigenvalue weighted by Gasteiger charge is 2.33. The topological polar surface area (TPSA) is 148 Å². The number of nitrogens with zero attached hydrogens (tertiary/aromatic N) is 3. The van der Waals surface area contributed by atoms with Gasteiger partial charge in [0.15, 0.2) is 0 Å². The number of ether oxygens (including phenoxy) is 2. The predicted molar refractivity (Wildman–Crippen MR) is 157 cm³/mol. The lowest BCUT2D eigenvalue weighted by atomic mass is 10.1. The lowest BCUT2D eigenvalue weighted by Crippen LogP contribution is -2.51. The van der Waals surface area contributed by atoms with E-state index in [0.29, 0.717) is 23.6 Å². The summed E-state index contributed by atoms with van der Waals surface area (Å²) in [4.78, 5) is 38.6. The summed E-state index contributed by atoms with van der Waals surface area (Å²) in [6.07, 6.45) is 0. The molecule has 42 heavy (non-hydrogen) atoms. The van der Waals surface area contributed by atoms with Crippen LogP contribution in [-0.2, 0) is 26.2 Å². The molecule has 0 radical (unpaired) electrons. The van der Waals surface area contributed by atoms with Crippen LogP contribution in [0.1, 0.15) is 25.0 Å². The number of nitrogens with one attached hydrogen (secondary N) is 1. The fourth-order valence-electron chi connectivity index (χ4n) is 4.22. The van der Waals surface area contributed by atoms with Gasteiger partial charge in [-0.05, 0) is 68.8 Å². The van der Waals surface area contributed by atoms with E-state index < -0.39 is 39.3 Å². The zero-order valence-corrected chi connectivity index (χ0v) is 24.9. The van der Waals surface area contributed by atoms with E-state index in [0.717, 1.165) is 10.4 Å². The highest BCUT2D eigenvalue weighted by Crippen LogP contribution is 2.29. The molecule has 1 N–H and O–H groups in total. The van der Waals surface area contributed by atoms with Gasteiger partial charge < -0.3 is 19.7 Å². The zero-order chi connectivity index (χ0) is 31.0. The molecule has 2 amide bonds. The summed E-state index contributed by atoms with van der Waals surface area (Å²) >= 11 is 0. The Morgan fingerprint density at radius 3 is 2.26 bits per heavy atom. The first kappa shape index (κ1) is 31.9. The van der Waals surface area contributed by atoms with Crippen molar-refractivity contribution in [1.29, 1.82) is 0 Å². The number of likely N-dealkylation sites (N-methyl/N-ethyl adjacent to an activating group) is 1. The molecular formula is C29H34N4O8S. The molecule has 0 aliphatic carbocycles. The van der Waals surface area contributed by atoms with Crippen LogP contribution in [0, 0.1) is 17.0 Å². The Morgan fingerprint density at radius 1 is 1.00 bits per heavy atom. The number of anilines is 1. The highest BCUT2D eigenvalue weighted by atomic mass is 32.2. The van der Waals surface area contributed by atoms with Gasteiger partial charge >= 0.3 is 0 Å². The Hall–Kier alpha value is -4.65. The van der Waals surface area contributed by atoms with E-state index >= 15 is 0 Å². The van der Waals surface area contributed by atoms with Gasteiger partial charge in [-0.1, -0.05) is 18.2 Å². The third kappa shape index (κ3) is 7.35. The van der Waals surface area contributed by atoms with Crippen molar-refractivity contribution >= 4 is 33.2 Å². The molecule has 3 aromatic rings. The minimum atomic E-state index is -4.49. The SMILES string of the molecule is CCNC(=O)C(C)N(Cc1cccc(OC)c1)C(=O)CN(c1ccc(OC)cc1)S(=O)(=O)c1ccc(C)c([N+](=O)[O-])c1. The monoisotopic (exact) mass is 598 g/mol. The van der Waals surface area contributed by atoms with Gasteiger partial charge in [0.2, 0.25) is 11.8 Å². The molecule has 0 bridgehead atoms. The molecule has 224 valence electrons. The molecular weight excluding hydrogens is 564 g/mol. The maximum atomic E-state index is 14.0. The van der Waals surface area contributed by atoms with Gasteiger partial charge in [-0.2, -0.15) is 0 Å². The van der Waals surface area contributed by atoms with Gasteiger partial charge in [0.05, 0.1) is 29.7 Å². The first-order valence-corrected chi connectivity index (χ1v) is 14.5. The second-order valence-electron chi connectivity index (χ2n) is 9.36. The van der Waals surface area contributed by atoms with E-state index in [4.69, 9.17) is 9.47 Å². The van der Waals surface area contributed by atoms with Crippen LogP contribution >= 0.6 is 0 Å². The molecule has 1 atom stereocenters. The normalized spacial score (nSPS) is 11.7. The van der Waals surface area contributed by atoms with Crippen molar-refractivity contribution in [3.63, 3.8) is 0 Å². The number of carbonyl (C=O) groups is 2. The molecule has 0 spiro atoms. The Labute approximate surface area is 245 Å². The molecule has 0 saturated heterocycles. The van der Waals surface area contributed by atoms with Crippen molar-refractivity contribution in [1.82, 2.24) is 10.2 Å². The summed E-state index contributed by atoms with van der Waals surface area (Å²) in [6, 6.07) is 15.6. The van der Waals surface area contributed by atoms with Gasteiger partial charge in [-0.15, -0.1) is 0 Å². The molecule has 0 saturated carbocycles. The molecule has 12 nitrogen and oxygen atoms in total. The summed E-state index contributed by atoms with van der Waals surface area (Å²) in [5, 5.41) is 14.3. The van der Waals surface area contributed by atoms with E-state index in [1.54, 1.807) is 38.1 Å². The number of benzene rings is 3. The number of carbonyl (C=O) groups excluding carboxylic acids is 2. The van der Waals surface area contributed by atoms with E-state index in [1.165, 1.54) is 62.4 Å². The summed E-state index contributed by atoms with van der Waals surface area (Å²) in [6.45, 7) is 4.43. The van der Waals surface area contributed by atoms with Crippen LogP contribution in [0.2, 0.25) is 0 Å². The predicted octanol–water partition coefficient (Wildman–Crippen LogP) is 3.67. The largest absolute Gasteiger partial charge is 0.497 e. The van der Waals surface area contributed by atoms with Crippen LogP contribution in [0.4, 0.5) is 11.4 Å². The van der Waals surface area contributed by atoms with Crippen molar-refractivity contribution in [2.45, 2.75) is 38.3 Å². The van der Waals surface area contributed by atoms with Crippen molar-refractivity contribution < 1.29 is 32.4 Å². The molecule has 0 fully saturated rings. The number of methoxy groups -OCH3 is 2. The maximum absolute atomic E-state index is 14.0. The van der Waals surface area contributed by atoms with Crippen molar-refractivity contribution in [3.05, 3.63) is 88.0 Å². The van der Waals surface area contributed by atoms with E-state index in [-0.39, 0.29) is 28.4 Å². The van der Waals surface area contributed by atoms with Crippen molar-refractivity contribution in [2.24, 2.45) is 0 Å². The van der Waals surface area contributed by atoms with Crippen LogP contribution in [0.3, 0.4) is 0 Å². The first-order chi connectivity index (χ1) is 19.9. The summed E-state index contributed by atoms with van der Waals surface area (Å²) in [5.74, 6) is -0.0776. The zero-order valence-electron chi connectivity index (χ0n) is 24.1. The van der Waals surface area contributed by atoms with Crippen LogP contribution < -0.4 is 19.1 Å². The van der Waals surface area contributed by atoms with Crippen LogP contribution in [0.5, 0.6) is 11.5 Å². The first-order valence-electron chi connectivity index (χ1n) is 13.0. The highest BCUT2D eigenvalue weighted by molar-refractivity contribution is 7.92. The minimum absolute atomic E-state index is 0.0131. The number of nitro benzene ring substituents is 1. The second kappa shape index (κ2) is 13.8. The average molecular weight is 599 g/mol. The Morgan fingerprint density at radius 2 is 1.67 bits per heavy atom. The summed E-state index contributed by atoms with van der Waals surface area (Å²) in [7, 11) is -1.53. The lowest BCUT2D eigenvalue weighted by molar-refractivity contribution is -0.385. The summed E-state index contributed by atoms with van der Waals surface area (Å²) < 4.78 is 39.3. The summed E-state index contributed by atoms with van der Waals surface area (Å²) in [5.41, 5.74) is 0.694. The Balaban J connectivity index is 2.09. The molecule has 13 heteroatoms. The number of rotatable bonds is 13. The standard InChI is InChI=1S/C29H34N4O8S/c1-6-30-29(35)21(3)31(18-22-8-7-9-25(16-22)41-5)28(34)19-32(23-11-13-24(40-4)14-12-23)42(38,39)26-15-10-20(2)27(17-26)33(36)37/h7-17,21H,6,18-19H2,1-5H3,(H,30,35). The second-order valence-corrected chi connectivity index (χ2v) is 11.2. The van der Waals surface area contributed by atoms with Crippen molar-refractivity contribution in [2.75, 3.05) is 31.6 Å². The smallest absolute Gasteiger partial charge is 0.273 e. The number of hydrogen-bond donors (Lipinski definition) is 1. The molecule has 3 aromatic carbocycles. The Bertz CT molecular complexity index is 1540. The minimum Gasteiger partial charge on any atom is -0.497 e. The van der Waals surface area contributed by atoms with Crippen molar-refractivity contribution in [3.8, 4) is 11.5 Å². The average Bonchev–Trinajstić information content (AvgIpc) is 2.98. The Kier molecular flexibility index (Phi) is 10.5. The van der Waals surface area contributed by atoms with Crippen LogP contribution in [0.15, 0.2) is 71.6 Å². The number of amides is 2. The lowest BCUT2D eigenvalue weighted by Gasteiger charge is -2.32. The van der Waals surface area contributed by atoms with E-state index in [2.05, 4.69) is 5.32 Å². The van der Waals surface area contributed by atoms with Crippen LogP contribution in [-0.4, -0.2) is 63.4 Å². The molecule has 0 heterocycles. The van der Waals surface area contributed by atoms with Gasteiger partial charge in [0.1, 0.15) is 24.1 Å².